The quantitative estimate of drug-likeness (QED) is 0.172. The molecule has 6 rings (SSSR count). The second-order valence-corrected chi connectivity index (χ2v) is 17.9. The Balaban J connectivity index is 0.000000262. The summed E-state index contributed by atoms with van der Waals surface area (Å²) in [5, 5.41) is 18.3. The molecule has 0 saturated carbocycles. The number of aliphatic carboxylic acids is 1. The number of aryl methyl sites for hydroxylation is 4. The number of carbonyl (C=O) groups is 4. The minimum atomic E-state index is -0.740. The number of fused-ring (bicyclic) bond motifs is 2. The van der Waals surface area contributed by atoms with Gasteiger partial charge in [0.25, 0.3) is 0 Å². The number of carboxylic acid groups (broad SMARTS) is 1. The van der Waals surface area contributed by atoms with E-state index in [4.69, 9.17) is 20.3 Å². The summed E-state index contributed by atoms with van der Waals surface area (Å²) in [7, 11) is 0. The Morgan fingerprint density at radius 3 is 1.60 bits per heavy atom. The van der Waals surface area contributed by atoms with Gasteiger partial charge in [-0.3, -0.25) is 9.59 Å². The monoisotopic (exact) mass is 839 g/mol. The molecule has 2 fully saturated rings. The smallest absolute Gasteiger partial charge is 0.410 e. The molecule has 0 bridgehead atoms. The third kappa shape index (κ3) is 18.3. The molecule has 2 saturated heterocycles. The highest BCUT2D eigenvalue weighted by molar-refractivity contribution is 5.76. The molecule has 4 aliphatic rings. The van der Waals surface area contributed by atoms with Crippen LogP contribution in [-0.4, -0.2) is 111 Å². The number of ether oxygens (including phenoxy) is 2. The number of rotatable bonds is 9. The maximum Gasteiger partial charge on any atom is 0.410 e. The van der Waals surface area contributed by atoms with Gasteiger partial charge in [-0.25, -0.2) is 19.6 Å². The number of pyridine rings is 2. The van der Waals surface area contributed by atoms with Crippen LogP contribution in [0.3, 0.4) is 0 Å². The SMILES string of the molecule is C.CC(C)(C)OC(=O)N1CCC(N)CC1.CC(C)(C)OC(=O)N1CCC(NC(=O)CCCc2ccc3c(n2)NCCC3)CC1.O=C(O)CCCc1ccc2c(n1)NCCC2. The molecule has 336 valence electrons. The molecule has 4 aliphatic heterocycles. The van der Waals surface area contributed by atoms with E-state index in [-0.39, 0.29) is 44.0 Å². The van der Waals surface area contributed by atoms with Gasteiger partial charge in [0.2, 0.25) is 5.91 Å². The third-order valence-electron chi connectivity index (χ3n) is 10.3. The number of hydrogen-bond donors (Lipinski definition) is 5. The van der Waals surface area contributed by atoms with Crippen LogP contribution < -0.4 is 21.7 Å². The summed E-state index contributed by atoms with van der Waals surface area (Å²) in [6.07, 6.45) is 11.0. The first-order chi connectivity index (χ1) is 27.9. The van der Waals surface area contributed by atoms with Crippen molar-refractivity contribution in [1.29, 1.82) is 0 Å². The molecule has 0 unspecified atom stereocenters. The molecule has 3 amide bonds. The molecular formula is C45H74N8O7. The van der Waals surface area contributed by atoms with Gasteiger partial charge in [-0.2, -0.15) is 0 Å². The zero-order valence-electron chi connectivity index (χ0n) is 36.4. The van der Waals surface area contributed by atoms with Crippen LogP contribution in [0.5, 0.6) is 0 Å². The van der Waals surface area contributed by atoms with Crippen LogP contribution in [0, 0.1) is 0 Å². The summed E-state index contributed by atoms with van der Waals surface area (Å²) in [6.45, 7) is 15.9. The first-order valence-electron chi connectivity index (χ1n) is 21.6. The van der Waals surface area contributed by atoms with Crippen molar-refractivity contribution in [3.05, 3.63) is 46.8 Å². The highest BCUT2D eigenvalue weighted by atomic mass is 16.6. The van der Waals surface area contributed by atoms with Crippen molar-refractivity contribution in [2.45, 2.75) is 162 Å². The molecule has 0 atom stereocenters. The van der Waals surface area contributed by atoms with Crippen LogP contribution >= 0.6 is 0 Å². The minimum absolute atomic E-state index is 0. The van der Waals surface area contributed by atoms with Crippen molar-refractivity contribution in [2.75, 3.05) is 49.9 Å². The van der Waals surface area contributed by atoms with Crippen molar-refractivity contribution >= 4 is 35.7 Å². The lowest BCUT2D eigenvalue weighted by atomic mass is 10.0. The number of anilines is 2. The van der Waals surface area contributed by atoms with E-state index in [0.717, 1.165) is 120 Å². The lowest BCUT2D eigenvalue weighted by Gasteiger charge is -2.33. The van der Waals surface area contributed by atoms with E-state index in [2.05, 4.69) is 44.1 Å². The zero-order valence-corrected chi connectivity index (χ0v) is 36.4. The maximum absolute atomic E-state index is 12.3. The zero-order chi connectivity index (χ0) is 43.0. The summed E-state index contributed by atoms with van der Waals surface area (Å²) >= 11 is 0. The number of hydrogen-bond acceptors (Lipinski definition) is 11. The topological polar surface area (TPSA) is 201 Å². The van der Waals surface area contributed by atoms with Gasteiger partial charge in [0, 0.05) is 75.6 Å². The Hall–Kier alpha value is -4.66. The Morgan fingerprint density at radius 2 is 1.17 bits per heavy atom. The molecule has 0 aromatic carbocycles. The fourth-order valence-electron chi connectivity index (χ4n) is 7.11. The molecule has 0 spiro atoms. The number of amides is 3. The van der Waals surface area contributed by atoms with Gasteiger partial charge in [0.05, 0.1) is 0 Å². The maximum atomic E-state index is 12.3. The van der Waals surface area contributed by atoms with Crippen LogP contribution in [-0.2, 0) is 44.7 Å². The van der Waals surface area contributed by atoms with E-state index in [9.17, 15) is 19.2 Å². The minimum Gasteiger partial charge on any atom is -0.481 e. The molecule has 2 aromatic rings. The predicted molar refractivity (Wildman–Crippen MR) is 236 cm³/mol. The number of nitrogens with one attached hydrogen (secondary N) is 3. The fourth-order valence-corrected chi connectivity index (χ4v) is 7.11. The van der Waals surface area contributed by atoms with Gasteiger partial charge < -0.3 is 46.1 Å². The number of nitrogens with zero attached hydrogens (tertiary/aromatic N) is 4. The van der Waals surface area contributed by atoms with Gasteiger partial charge in [-0.05, 0) is 142 Å². The van der Waals surface area contributed by atoms with Crippen molar-refractivity contribution in [3.63, 3.8) is 0 Å². The second-order valence-electron chi connectivity index (χ2n) is 17.9. The van der Waals surface area contributed by atoms with Crippen molar-refractivity contribution in [3.8, 4) is 0 Å². The van der Waals surface area contributed by atoms with E-state index in [1.807, 2.05) is 47.6 Å². The normalized spacial score (nSPS) is 16.6. The molecule has 15 heteroatoms. The first-order valence-corrected chi connectivity index (χ1v) is 21.6. The molecular weight excluding hydrogens is 765 g/mol. The van der Waals surface area contributed by atoms with Gasteiger partial charge in [0.15, 0.2) is 0 Å². The van der Waals surface area contributed by atoms with Crippen LogP contribution in [0.25, 0.3) is 0 Å². The number of aromatic nitrogens is 2. The van der Waals surface area contributed by atoms with E-state index >= 15 is 0 Å². The van der Waals surface area contributed by atoms with E-state index in [0.29, 0.717) is 25.9 Å². The lowest BCUT2D eigenvalue weighted by molar-refractivity contribution is -0.137. The Morgan fingerprint density at radius 1 is 0.733 bits per heavy atom. The molecule has 0 radical (unpaired) electrons. The average Bonchev–Trinajstić information content (AvgIpc) is 3.17. The van der Waals surface area contributed by atoms with Crippen LogP contribution in [0.15, 0.2) is 24.3 Å². The molecule has 6 heterocycles. The number of nitrogens with two attached hydrogens (primary N) is 1. The Kier molecular flexibility index (Phi) is 19.8. The molecule has 6 N–H and O–H groups in total. The Bertz CT molecular complexity index is 1680. The van der Waals surface area contributed by atoms with Gasteiger partial charge >= 0.3 is 18.2 Å². The largest absolute Gasteiger partial charge is 0.481 e. The summed E-state index contributed by atoms with van der Waals surface area (Å²) < 4.78 is 10.7. The summed E-state index contributed by atoms with van der Waals surface area (Å²) in [4.78, 5) is 59.0. The number of piperidine rings is 2. The van der Waals surface area contributed by atoms with Crippen molar-refractivity contribution < 1.29 is 33.8 Å². The van der Waals surface area contributed by atoms with Crippen molar-refractivity contribution in [2.24, 2.45) is 5.73 Å². The summed E-state index contributed by atoms with van der Waals surface area (Å²) in [5.74, 6) is 1.34. The molecule has 15 nitrogen and oxygen atoms in total. The standard InChI is InChI=1S/C22H34N4O3.C12H16N2O2.C10H20N2O2.CH4/c1-22(2,3)29-21(28)26-14-11-18(12-15-26)24-19(27)8-4-7-17-10-9-16-6-5-13-23-20(16)25-17;15-11(16)5-1-4-10-7-6-9-3-2-8-13-12(9)14-10;1-10(2,3)14-9(13)12-6-4-8(11)5-7-12;/h9-10,18H,4-8,11-15H2,1-3H3,(H,23,25)(H,24,27);6-7H,1-5,8H2,(H,13,14)(H,15,16);8H,4-7,11H2,1-3H3;1H4. The van der Waals surface area contributed by atoms with Crippen molar-refractivity contribution in [1.82, 2.24) is 25.1 Å². The molecule has 60 heavy (non-hydrogen) atoms. The number of carboxylic acids is 1. The fraction of sp³-hybridized carbons (Fsp3) is 0.689. The van der Waals surface area contributed by atoms with Gasteiger partial charge in [-0.1, -0.05) is 19.6 Å². The van der Waals surface area contributed by atoms with E-state index < -0.39 is 17.2 Å². The lowest BCUT2D eigenvalue weighted by Crippen LogP contribution is -2.47. The van der Waals surface area contributed by atoms with Crippen LogP contribution in [0.2, 0.25) is 0 Å². The second kappa shape index (κ2) is 24.0. The molecule has 0 aliphatic carbocycles. The van der Waals surface area contributed by atoms with Gasteiger partial charge in [-0.15, -0.1) is 0 Å². The highest BCUT2D eigenvalue weighted by Crippen LogP contribution is 2.22. The van der Waals surface area contributed by atoms with Crippen LogP contribution in [0.1, 0.15) is 136 Å². The third-order valence-corrected chi connectivity index (χ3v) is 10.3. The summed E-state index contributed by atoms with van der Waals surface area (Å²) in [5.41, 5.74) is 9.44. The molecule has 2 aromatic heterocycles. The number of carbonyl (C=O) groups excluding carboxylic acids is 3. The first kappa shape index (κ1) is 49.7. The van der Waals surface area contributed by atoms with E-state index in [1.54, 1.807) is 9.80 Å². The Labute approximate surface area is 358 Å². The number of likely N-dealkylation sites (tertiary alicyclic amines) is 2. The highest BCUT2D eigenvalue weighted by Gasteiger charge is 2.28. The average molecular weight is 839 g/mol. The van der Waals surface area contributed by atoms with E-state index in [1.165, 1.54) is 11.1 Å². The van der Waals surface area contributed by atoms with Gasteiger partial charge in [0.1, 0.15) is 22.8 Å². The van der Waals surface area contributed by atoms with Crippen LogP contribution in [0.4, 0.5) is 21.2 Å². The summed E-state index contributed by atoms with van der Waals surface area (Å²) in [6, 6.07) is 8.72. The predicted octanol–water partition coefficient (Wildman–Crippen LogP) is 7.11.